The van der Waals surface area contributed by atoms with E-state index in [1.165, 1.54) is 58.9 Å². The number of rotatable bonds is 6. The molecule has 12 aromatic rings. The van der Waals surface area contributed by atoms with Gasteiger partial charge < -0.3 is 9.13 Å². The summed E-state index contributed by atoms with van der Waals surface area (Å²) in [7, 11) is -2.86. The van der Waals surface area contributed by atoms with E-state index in [4.69, 9.17) is 9.97 Å². The Hall–Kier alpha value is -8.12. The zero-order valence-electron chi connectivity index (χ0n) is 34.2. The smallest absolute Gasteiger partial charge is 0.185 e. The van der Waals surface area contributed by atoms with Crippen LogP contribution in [0.25, 0.3) is 88.9 Å². The zero-order valence-corrected chi connectivity index (χ0v) is 35.2. The van der Waals surface area contributed by atoms with Crippen LogP contribution in [0.2, 0.25) is 0 Å². The maximum Gasteiger partial charge on any atom is 0.185 e. The highest BCUT2D eigenvalue weighted by Gasteiger charge is 2.51. The van der Waals surface area contributed by atoms with Crippen molar-refractivity contribution in [1.29, 1.82) is 0 Å². The molecule has 294 valence electrons. The second-order valence-electron chi connectivity index (χ2n) is 16.5. The van der Waals surface area contributed by atoms with Gasteiger partial charge in [-0.1, -0.05) is 176 Å². The minimum absolute atomic E-state index is 0.719. The van der Waals surface area contributed by atoms with E-state index in [0.717, 1.165) is 50.7 Å². The molecule has 0 saturated carbocycles. The number of hydrogen-bond donors (Lipinski definition) is 0. The second kappa shape index (κ2) is 14.0. The first-order chi connectivity index (χ1) is 31.3. The summed E-state index contributed by atoms with van der Waals surface area (Å²) in [5, 5.41) is 10.2. The van der Waals surface area contributed by atoms with Gasteiger partial charge in [-0.2, -0.15) is 0 Å². The summed E-state index contributed by atoms with van der Waals surface area (Å²) in [5.41, 5.74) is 12.3. The predicted molar refractivity (Wildman–Crippen MR) is 264 cm³/mol. The van der Waals surface area contributed by atoms with Crippen LogP contribution in [0.15, 0.2) is 231 Å². The zero-order chi connectivity index (χ0) is 41.5. The molecule has 0 unspecified atom stereocenters. The first-order valence-electron chi connectivity index (χ1n) is 21.6. The molecule has 0 fully saturated rings. The van der Waals surface area contributed by atoms with E-state index < -0.39 is 8.07 Å². The summed E-state index contributed by atoms with van der Waals surface area (Å²) in [5.74, 6) is 0.719. The standard InChI is InChI=1S/C58H38N4Si/c1-5-19-39(20-6-1)54-57-55(48-29-15-18-32-52(48)63(57,43-23-9-3-10-24-43)44-25-11-4-12-26-44)60-58(59-54)40-33-35-42(36-34-40)61-50-31-17-14-28-47(50)53-51(61)38-37-46-45-27-13-16-30-49(45)62(56(46)53)41-21-7-2-8-22-41/h1-38H. The normalized spacial score (nSPS) is 12.9. The van der Waals surface area contributed by atoms with E-state index >= 15 is 0 Å². The van der Waals surface area contributed by atoms with Crippen LogP contribution in [0.1, 0.15) is 0 Å². The lowest BCUT2D eigenvalue weighted by atomic mass is 10.1. The van der Waals surface area contributed by atoms with E-state index in [9.17, 15) is 0 Å². The van der Waals surface area contributed by atoms with Gasteiger partial charge in [0.05, 0.1) is 33.5 Å². The molecule has 5 heteroatoms. The molecular weight excluding hydrogens is 781 g/mol. The van der Waals surface area contributed by atoms with E-state index in [2.05, 4.69) is 240 Å². The first kappa shape index (κ1) is 35.6. The van der Waals surface area contributed by atoms with Gasteiger partial charge in [0.2, 0.25) is 0 Å². The van der Waals surface area contributed by atoms with Crippen molar-refractivity contribution in [3.8, 4) is 45.3 Å². The fourth-order valence-corrected chi connectivity index (χ4v) is 15.9. The van der Waals surface area contributed by atoms with Crippen LogP contribution in [-0.4, -0.2) is 27.2 Å². The Bertz CT molecular complexity index is 3670. The number of para-hydroxylation sites is 3. The third-order valence-electron chi connectivity index (χ3n) is 13.2. The number of benzene rings is 9. The topological polar surface area (TPSA) is 35.6 Å². The molecule has 0 bridgehead atoms. The minimum Gasteiger partial charge on any atom is -0.309 e. The van der Waals surface area contributed by atoms with Crippen molar-refractivity contribution in [2.75, 3.05) is 0 Å². The molecule has 0 aliphatic carbocycles. The molecule has 1 aliphatic heterocycles. The van der Waals surface area contributed by atoms with E-state index in [-0.39, 0.29) is 0 Å². The Morgan fingerprint density at radius 3 is 1.59 bits per heavy atom. The fourth-order valence-electron chi connectivity index (χ4n) is 10.6. The molecule has 0 amide bonds. The van der Waals surface area contributed by atoms with Gasteiger partial charge in [0.15, 0.2) is 13.9 Å². The number of hydrogen-bond acceptors (Lipinski definition) is 2. The Kier molecular flexibility index (Phi) is 7.89. The molecule has 4 heterocycles. The van der Waals surface area contributed by atoms with E-state index in [1.807, 2.05) is 0 Å². The minimum atomic E-state index is -2.86. The van der Waals surface area contributed by atoms with Gasteiger partial charge in [-0.3, -0.25) is 0 Å². The maximum atomic E-state index is 5.61. The van der Waals surface area contributed by atoms with E-state index in [1.54, 1.807) is 0 Å². The van der Waals surface area contributed by atoms with Crippen LogP contribution in [0, 0.1) is 0 Å². The summed E-state index contributed by atoms with van der Waals surface area (Å²) in [6, 6.07) is 83.6. The van der Waals surface area contributed by atoms with Crippen molar-refractivity contribution in [3.05, 3.63) is 231 Å². The third-order valence-corrected chi connectivity index (χ3v) is 18.1. The molecule has 63 heavy (non-hydrogen) atoms. The molecule has 13 rings (SSSR count). The lowest BCUT2D eigenvalue weighted by Crippen LogP contribution is -2.73. The highest BCUT2D eigenvalue weighted by atomic mass is 28.3. The quantitative estimate of drug-likeness (QED) is 0.157. The molecule has 0 saturated heterocycles. The molecule has 0 N–H and O–H groups in total. The van der Waals surface area contributed by atoms with Gasteiger partial charge in [-0.25, -0.2) is 9.97 Å². The Morgan fingerprint density at radius 2 is 0.889 bits per heavy atom. The molecular formula is C58H38N4Si. The molecule has 0 atom stereocenters. The lowest BCUT2D eigenvalue weighted by molar-refractivity contribution is 1.17. The van der Waals surface area contributed by atoms with Crippen LogP contribution < -0.4 is 20.7 Å². The average molecular weight is 819 g/mol. The number of nitrogens with zero attached hydrogens (tertiary/aromatic N) is 4. The summed E-state index contributed by atoms with van der Waals surface area (Å²) in [6.07, 6.45) is 0. The monoisotopic (exact) mass is 818 g/mol. The second-order valence-corrected chi connectivity index (χ2v) is 20.1. The number of fused-ring (bicyclic) bond motifs is 10. The molecule has 1 aliphatic rings. The van der Waals surface area contributed by atoms with Gasteiger partial charge in [-0.15, -0.1) is 0 Å². The largest absolute Gasteiger partial charge is 0.309 e. The molecule has 9 aromatic carbocycles. The van der Waals surface area contributed by atoms with Gasteiger partial charge in [0, 0.05) is 54.8 Å². The molecule has 0 radical (unpaired) electrons. The van der Waals surface area contributed by atoms with Crippen molar-refractivity contribution in [2.24, 2.45) is 0 Å². The van der Waals surface area contributed by atoms with Gasteiger partial charge in [0.25, 0.3) is 0 Å². The summed E-state index contributed by atoms with van der Waals surface area (Å²) < 4.78 is 4.85. The van der Waals surface area contributed by atoms with Crippen molar-refractivity contribution < 1.29 is 0 Å². The van der Waals surface area contributed by atoms with Crippen LogP contribution in [0.3, 0.4) is 0 Å². The van der Waals surface area contributed by atoms with Gasteiger partial charge >= 0.3 is 0 Å². The SMILES string of the molecule is c1ccc(-c2nc(-c3ccc(-n4c5ccccc5c5c4ccc4c6ccccc6n(-c6ccccc6)c45)cc3)nc3c2[Si](c2ccccc2)(c2ccccc2)c2ccccc2-3)cc1. The van der Waals surface area contributed by atoms with Gasteiger partial charge in [0.1, 0.15) is 0 Å². The summed E-state index contributed by atoms with van der Waals surface area (Å²) in [4.78, 5) is 11.2. The van der Waals surface area contributed by atoms with Crippen LogP contribution in [-0.2, 0) is 0 Å². The highest BCUT2D eigenvalue weighted by molar-refractivity contribution is 7.22. The Balaban J connectivity index is 1.03. The van der Waals surface area contributed by atoms with Crippen LogP contribution in [0.5, 0.6) is 0 Å². The summed E-state index contributed by atoms with van der Waals surface area (Å²) in [6.45, 7) is 0. The van der Waals surface area contributed by atoms with E-state index in [0.29, 0.717) is 0 Å². The highest BCUT2D eigenvalue weighted by Crippen LogP contribution is 2.42. The molecule has 4 nitrogen and oxygen atoms in total. The van der Waals surface area contributed by atoms with Crippen molar-refractivity contribution in [2.45, 2.75) is 0 Å². The van der Waals surface area contributed by atoms with Crippen molar-refractivity contribution >= 4 is 72.4 Å². The Labute approximate surface area is 365 Å². The maximum absolute atomic E-state index is 5.61. The van der Waals surface area contributed by atoms with Gasteiger partial charge in [-0.05, 0) is 70.2 Å². The Morgan fingerprint density at radius 1 is 0.349 bits per heavy atom. The number of aromatic nitrogens is 4. The fraction of sp³-hybridized carbons (Fsp3) is 0. The average Bonchev–Trinajstić information content (AvgIpc) is 3.99. The van der Waals surface area contributed by atoms with Crippen molar-refractivity contribution in [3.63, 3.8) is 0 Å². The first-order valence-corrected chi connectivity index (χ1v) is 23.6. The van der Waals surface area contributed by atoms with Crippen LogP contribution >= 0.6 is 0 Å². The molecule has 3 aromatic heterocycles. The molecule has 0 spiro atoms. The third kappa shape index (κ3) is 5.14. The summed E-state index contributed by atoms with van der Waals surface area (Å²) >= 11 is 0. The lowest BCUT2D eigenvalue weighted by Gasteiger charge is -2.32. The van der Waals surface area contributed by atoms with Crippen molar-refractivity contribution in [1.82, 2.24) is 19.1 Å². The van der Waals surface area contributed by atoms with Crippen LogP contribution in [0.4, 0.5) is 0 Å². The predicted octanol–water partition coefficient (Wildman–Crippen LogP) is 11.4.